The van der Waals surface area contributed by atoms with E-state index < -0.39 is 17.5 Å². The van der Waals surface area contributed by atoms with Crippen LogP contribution < -0.4 is 0 Å². The minimum absolute atomic E-state index is 0. The molecule has 0 N–H and O–H groups in total. The third-order valence-corrected chi connectivity index (χ3v) is 21.4. The zero-order valence-corrected chi connectivity index (χ0v) is 17.3. The van der Waals surface area contributed by atoms with Crippen molar-refractivity contribution in [3.05, 3.63) is 43.0 Å². The van der Waals surface area contributed by atoms with Crippen molar-refractivity contribution in [2.24, 2.45) is 0 Å². The van der Waals surface area contributed by atoms with Crippen LogP contribution in [0.4, 0.5) is 0 Å². The van der Waals surface area contributed by atoms with E-state index in [0.29, 0.717) is 0 Å². The number of allylic oxidation sites excluding steroid dienone is 8. The fourth-order valence-corrected chi connectivity index (χ4v) is 13.6. The molecule has 0 fully saturated rings. The van der Waals surface area contributed by atoms with Gasteiger partial charge >= 0.3 is 87.1 Å². The Kier molecular flexibility index (Phi) is 7.41. The normalized spacial score (nSPS) is 16.8. The monoisotopic (exact) mass is 440 g/mol. The Morgan fingerprint density at radius 2 is 1.27 bits per heavy atom. The van der Waals surface area contributed by atoms with Gasteiger partial charge in [0, 0.05) is 0 Å². The fourth-order valence-electron chi connectivity index (χ4n) is 1.81. The summed E-state index contributed by atoms with van der Waals surface area (Å²) in [4.78, 5) is 0. The van der Waals surface area contributed by atoms with E-state index in [0.717, 1.165) is 0 Å². The van der Waals surface area contributed by atoms with Crippen LogP contribution in [0, 0.1) is 0 Å². The van der Waals surface area contributed by atoms with Gasteiger partial charge in [0.15, 0.2) is 0 Å². The molecule has 5 heteroatoms. The maximum absolute atomic E-state index is 2.37. The molecule has 2 rings (SSSR count). The Labute approximate surface area is 120 Å². The quantitative estimate of drug-likeness (QED) is 0.574. The topological polar surface area (TPSA) is 0 Å². The average Bonchev–Trinajstić information content (AvgIpc) is 2.78. The molecule has 0 saturated carbocycles. The van der Waals surface area contributed by atoms with Crippen LogP contribution in [0.1, 0.15) is 12.8 Å². The van der Waals surface area contributed by atoms with E-state index in [1.807, 2.05) is 0 Å². The van der Waals surface area contributed by atoms with Gasteiger partial charge in [-0.1, -0.05) is 0 Å². The number of halogens is 2. The summed E-state index contributed by atoms with van der Waals surface area (Å²) >= 11 is -1.95. The Bertz CT molecular complexity index is 406. The average molecular weight is 443 g/mol. The summed E-state index contributed by atoms with van der Waals surface area (Å²) in [6.07, 6.45) is 16.3. The van der Waals surface area contributed by atoms with E-state index in [9.17, 15) is 0 Å². The van der Waals surface area contributed by atoms with Crippen LogP contribution in [0.25, 0.3) is 0 Å². The van der Waals surface area contributed by atoms with Crippen molar-refractivity contribution in [1.29, 1.82) is 0 Å². The molecule has 2 aliphatic rings. The number of rotatable bonds is 2. The summed E-state index contributed by atoms with van der Waals surface area (Å²) < 4.78 is 3.56. The molecule has 0 nitrogen and oxygen atoms in total. The predicted molar refractivity (Wildman–Crippen MR) is 81.4 cm³/mol. The van der Waals surface area contributed by atoms with Crippen LogP contribution in [0.5, 0.6) is 0 Å². The molecule has 82 valence electrons. The van der Waals surface area contributed by atoms with Crippen LogP contribution in [0.15, 0.2) is 43.0 Å². The molecule has 0 aromatic carbocycles. The predicted octanol–water partition coefficient (Wildman–Crippen LogP) is 2.08. The minimum atomic E-state index is -1.95. The zero-order valence-electron chi connectivity index (χ0n) is 8.61. The zero-order chi connectivity index (χ0) is 9.31. The Hall–Kier alpha value is 1.24. The van der Waals surface area contributed by atoms with Crippen LogP contribution in [-0.2, 0) is 17.5 Å². The van der Waals surface area contributed by atoms with Gasteiger partial charge in [-0.2, -0.15) is 0 Å². The molecule has 2 aliphatic carbocycles. The van der Waals surface area contributed by atoms with E-state index in [1.165, 1.54) is 12.8 Å². The van der Waals surface area contributed by atoms with Crippen molar-refractivity contribution in [3.63, 3.8) is 0 Å². The molecular formula is C10H16Br2Si2Zr. The third-order valence-electron chi connectivity index (χ3n) is 2.77. The van der Waals surface area contributed by atoms with Crippen LogP contribution in [0.2, 0.25) is 0 Å². The second kappa shape index (κ2) is 6.85. The Morgan fingerprint density at radius 1 is 0.867 bits per heavy atom. The van der Waals surface area contributed by atoms with Crippen molar-refractivity contribution in [2.75, 3.05) is 0 Å². The molecule has 0 heterocycles. The number of hydrogen-bond donors (Lipinski definition) is 0. The van der Waals surface area contributed by atoms with Gasteiger partial charge in [-0.3, -0.25) is 0 Å². The molecule has 0 aromatic heterocycles. The van der Waals surface area contributed by atoms with Gasteiger partial charge in [-0.25, -0.2) is 0 Å². The van der Waals surface area contributed by atoms with Gasteiger partial charge in [-0.15, -0.1) is 34.0 Å². The first-order valence-corrected chi connectivity index (χ1v) is 18.9. The summed E-state index contributed by atoms with van der Waals surface area (Å²) in [5, 5.41) is 0. The first-order valence-electron chi connectivity index (χ1n) is 4.64. The van der Waals surface area contributed by atoms with Crippen LogP contribution in [-0.4, -0.2) is 13.8 Å². The summed E-state index contributed by atoms with van der Waals surface area (Å²) in [6.45, 7) is 4.65. The summed E-state index contributed by atoms with van der Waals surface area (Å²) in [5.74, 6) is 0. The van der Waals surface area contributed by atoms with E-state index in [2.05, 4.69) is 50.2 Å². The van der Waals surface area contributed by atoms with E-state index in [-0.39, 0.29) is 34.0 Å². The summed E-state index contributed by atoms with van der Waals surface area (Å²) in [5.41, 5.74) is 0. The van der Waals surface area contributed by atoms with E-state index in [4.69, 9.17) is 0 Å². The van der Waals surface area contributed by atoms with E-state index in [1.54, 1.807) is 6.56 Å². The second-order valence-corrected chi connectivity index (χ2v) is 32.4. The van der Waals surface area contributed by atoms with Crippen molar-refractivity contribution in [1.82, 2.24) is 0 Å². The molecule has 0 radical (unpaired) electrons. The maximum atomic E-state index is 2.37. The van der Waals surface area contributed by atoms with Gasteiger partial charge in [-0.05, 0) is 0 Å². The van der Waals surface area contributed by atoms with Gasteiger partial charge < -0.3 is 0 Å². The van der Waals surface area contributed by atoms with Crippen molar-refractivity contribution >= 4 is 47.7 Å². The summed E-state index contributed by atoms with van der Waals surface area (Å²) in [7, 11) is 0. The Balaban J connectivity index is 0.000000980. The van der Waals surface area contributed by atoms with Gasteiger partial charge in [0.1, 0.15) is 0 Å². The SMILES string of the molecule is Br.Br.[SiH2]=[Zr](=[SiH2])([C]1=CC=CC1)[C]1=CC=CC1. The molecule has 0 spiro atoms. The molecule has 15 heavy (non-hydrogen) atoms. The number of hydrogen-bond acceptors (Lipinski definition) is 0. The Morgan fingerprint density at radius 3 is 1.53 bits per heavy atom. The van der Waals surface area contributed by atoms with Crippen molar-refractivity contribution in [2.45, 2.75) is 12.8 Å². The van der Waals surface area contributed by atoms with Crippen molar-refractivity contribution in [3.8, 4) is 0 Å². The molecule has 0 aromatic rings. The van der Waals surface area contributed by atoms with Gasteiger partial charge in [0.25, 0.3) is 0 Å². The fraction of sp³-hybridized carbons (Fsp3) is 0.200. The first-order chi connectivity index (χ1) is 6.21. The molecule has 0 atom stereocenters. The standard InChI is InChI=1S/2C5H5.2BrH.2H2Si.Zr/c2*1-2-4-5-3-1;;;;;/h2*1-3H,4H2;2*1H;2*1H2;. The molecule has 0 aliphatic heterocycles. The van der Waals surface area contributed by atoms with Crippen molar-refractivity contribution < 1.29 is 17.5 Å². The molecule has 0 amide bonds. The summed E-state index contributed by atoms with van der Waals surface area (Å²) in [6, 6.07) is 0. The van der Waals surface area contributed by atoms with Gasteiger partial charge in [0.2, 0.25) is 0 Å². The molecule has 0 bridgehead atoms. The van der Waals surface area contributed by atoms with Gasteiger partial charge in [0.05, 0.1) is 0 Å². The first kappa shape index (κ1) is 16.2. The van der Waals surface area contributed by atoms with Crippen LogP contribution in [0.3, 0.4) is 0 Å². The van der Waals surface area contributed by atoms with E-state index >= 15 is 0 Å². The molecule has 0 unspecified atom stereocenters. The third kappa shape index (κ3) is 3.60. The molecule has 0 saturated heterocycles. The van der Waals surface area contributed by atoms with Crippen LogP contribution >= 0.6 is 34.0 Å². The molecular weight excluding hydrogens is 427 g/mol. The second-order valence-electron chi connectivity index (χ2n) is 3.73.